The molecular weight excluding hydrogens is 220 g/mol. The number of hydrogen-bond donors (Lipinski definition) is 1. The average Bonchev–Trinajstić information content (AvgIpc) is 2.29. The molecule has 0 saturated carbocycles. The van der Waals surface area contributed by atoms with Crippen molar-refractivity contribution in [2.45, 2.75) is 65.8 Å². The van der Waals surface area contributed by atoms with Crippen LogP contribution in [0.25, 0.3) is 0 Å². The molecule has 2 heteroatoms. The van der Waals surface area contributed by atoms with Crippen molar-refractivity contribution in [3.8, 4) is 0 Å². The number of piperidine rings is 1. The van der Waals surface area contributed by atoms with Gasteiger partial charge in [-0.05, 0) is 63.5 Å². The second-order valence-electron chi connectivity index (χ2n) is 6.90. The minimum absolute atomic E-state index is 0.374. The van der Waals surface area contributed by atoms with Crippen LogP contribution in [-0.4, -0.2) is 30.6 Å². The van der Waals surface area contributed by atoms with E-state index in [1.165, 1.54) is 51.7 Å². The van der Waals surface area contributed by atoms with Gasteiger partial charge in [0.2, 0.25) is 0 Å². The molecule has 1 aliphatic rings. The number of rotatable bonds is 7. The van der Waals surface area contributed by atoms with Crippen LogP contribution in [0.1, 0.15) is 59.8 Å². The maximum Gasteiger partial charge on any atom is 0.00104 e. The molecule has 0 aromatic carbocycles. The first-order chi connectivity index (χ1) is 8.49. The highest BCUT2D eigenvalue weighted by Crippen LogP contribution is 2.25. The quantitative estimate of drug-likeness (QED) is 0.753. The molecule has 1 saturated heterocycles. The van der Waals surface area contributed by atoms with Crippen molar-refractivity contribution in [2.24, 2.45) is 23.5 Å². The fourth-order valence-corrected chi connectivity index (χ4v) is 3.12. The molecule has 1 heterocycles. The van der Waals surface area contributed by atoms with Crippen molar-refractivity contribution >= 4 is 0 Å². The number of nitrogens with zero attached hydrogens (tertiary/aromatic N) is 1. The first-order valence-electron chi connectivity index (χ1n) is 7.97. The second kappa shape index (κ2) is 8.16. The molecule has 0 bridgehead atoms. The van der Waals surface area contributed by atoms with Gasteiger partial charge in [0.25, 0.3) is 0 Å². The summed E-state index contributed by atoms with van der Waals surface area (Å²) in [5, 5.41) is 0. The molecule has 18 heavy (non-hydrogen) atoms. The van der Waals surface area contributed by atoms with Gasteiger partial charge >= 0.3 is 0 Å². The maximum absolute atomic E-state index is 5.80. The minimum atomic E-state index is 0.374. The molecule has 0 aromatic heterocycles. The Balaban J connectivity index is 2.12. The number of nitrogens with two attached hydrogens (primary N) is 1. The molecule has 1 rings (SSSR count). The zero-order chi connectivity index (χ0) is 13.5. The van der Waals surface area contributed by atoms with Gasteiger partial charge in [-0.1, -0.05) is 27.2 Å². The van der Waals surface area contributed by atoms with Crippen LogP contribution in [0.5, 0.6) is 0 Å². The molecule has 1 fully saturated rings. The Kier molecular flexibility index (Phi) is 7.25. The summed E-state index contributed by atoms with van der Waals surface area (Å²) < 4.78 is 0. The van der Waals surface area contributed by atoms with Gasteiger partial charge in [-0.3, -0.25) is 0 Å². The fraction of sp³-hybridized carbons (Fsp3) is 1.00. The molecule has 0 radical (unpaired) electrons. The van der Waals surface area contributed by atoms with Crippen LogP contribution in [0.4, 0.5) is 0 Å². The normalized spacial score (nSPS) is 22.3. The van der Waals surface area contributed by atoms with Crippen LogP contribution in [0.3, 0.4) is 0 Å². The predicted molar refractivity (Wildman–Crippen MR) is 80.7 cm³/mol. The Bertz CT molecular complexity index is 205. The van der Waals surface area contributed by atoms with Gasteiger partial charge in [0.1, 0.15) is 0 Å². The lowest BCUT2D eigenvalue weighted by Crippen LogP contribution is -2.37. The Labute approximate surface area is 114 Å². The van der Waals surface area contributed by atoms with Crippen molar-refractivity contribution in [3.63, 3.8) is 0 Å². The molecule has 2 N–H and O–H groups in total. The molecule has 1 aliphatic heterocycles. The van der Waals surface area contributed by atoms with Gasteiger partial charge in [0.15, 0.2) is 0 Å². The zero-order valence-electron chi connectivity index (χ0n) is 13.0. The minimum Gasteiger partial charge on any atom is -0.328 e. The highest BCUT2D eigenvalue weighted by atomic mass is 15.1. The molecule has 2 nitrogen and oxygen atoms in total. The third-order valence-electron chi connectivity index (χ3n) is 4.50. The van der Waals surface area contributed by atoms with Crippen LogP contribution in [0.15, 0.2) is 0 Å². The van der Waals surface area contributed by atoms with Gasteiger partial charge in [0, 0.05) is 12.6 Å². The van der Waals surface area contributed by atoms with Crippen LogP contribution in [-0.2, 0) is 0 Å². The van der Waals surface area contributed by atoms with Crippen LogP contribution < -0.4 is 5.73 Å². The largest absolute Gasteiger partial charge is 0.328 e. The first-order valence-corrected chi connectivity index (χ1v) is 7.97. The standard InChI is InChI=1S/C16H34N2/c1-13(2)16-8-10-18(11-9-16)12-14(3)6-5-7-15(4)17/h13-16H,5-12,17H2,1-4H3. The number of hydrogen-bond acceptors (Lipinski definition) is 2. The van der Waals surface area contributed by atoms with E-state index in [1.54, 1.807) is 0 Å². The summed E-state index contributed by atoms with van der Waals surface area (Å²) in [7, 11) is 0. The summed E-state index contributed by atoms with van der Waals surface area (Å²) in [5.74, 6) is 2.67. The van der Waals surface area contributed by atoms with E-state index in [0.717, 1.165) is 17.8 Å². The molecule has 0 aliphatic carbocycles. The lowest BCUT2D eigenvalue weighted by Gasteiger charge is -2.35. The van der Waals surface area contributed by atoms with E-state index in [2.05, 4.69) is 32.6 Å². The van der Waals surface area contributed by atoms with Crippen LogP contribution in [0, 0.1) is 17.8 Å². The van der Waals surface area contributed by atoms with Crippen LogP contribution in [0.2, 0.25) is 0 Å². The smallest absolute Gasteiger partial charge is 0.00104 e. The second-order valence-corrected chi connectivity index (χ2v) is 6.90. The Morgan fingerprint density at radius 2 is 1.67 bits per heavy atom. The zero-order valence-corrected chi connectivity index (χ0v) is 13.0. The summed E-state index contributed by atoms with van der Waals surface area (Å²) in [4.78, 5) is 2.68. The highest BCUT2D eigenvalue weighted by molar-refractivity contribution is 4.75. The molecular formula is C16H34N2. The van der Waals surface area contributed by atoms with Gasteiger partial charge in [0.05, 0.1) is 0 Å². The summed E-state index contributed by atoms with van der Waals surface area (Å²) in [6.45, 7) is 13.2. The molecule has 0 aromatic rings. The molecule has 0 spiro atoms. The van der Waals surface area contributed by atoms with E-state index in [-0.39, 0.29) is 0 Å². The third-order valence-corrected chi connectivity index (χ3v) is 4.50. The van der Waals surface area contributed by atoms with Crippen molar-refractivity contribution in [2.75, 3.05) is 19.6 Å². The molecule has 2 atom stereocenters. The predicted octanol–water partition coefficient (Wildman–Crippen LogP) is 3.51. The van der Waals surface area contributed by atoms with E-state index in [4.69, 9.17) is 5.73 Å². The highest BCUT2D eigenvalue weighted by Gasteiger charge is 2.22. The molecule has 0 amide bonds. The summed E-state index contributed by atoms with van der Waals surface area (Å²) >= 11 is 0. The molecule has 108 valence electrons. The van der Waals surface area contributed by atoms with E-state index < -0.39 is 0 Å². The van der Waals surface area contributed by atoms with E-state index >= 15 is 0 Å². The van der Waals surface area contributed by atoms with Crippen molar-refractivity contribution < 1.29 is 0 Å². The Morgan fingerprint density at radius 3 is 2.17 bits per heavy atom. The van der Waals surface area contributed by atoms with Crippen molar-refractivity contribution in [1.82, 2.24) is 4.90 Å². The maximum atomic E-state index is 5.80. The monoisotopic (exact) mass is 254 g/mol. The summed E-state index contributed by atoms with van der Waals surface area (Å²) in [6, 6.07) is 0.374. The summed E-state index contributed by atoms with van der Waals surface area (Å²) in [5.41, 5.74) is 5.80. The SMILES string of the molecule is CC(N)CCCC(C)CN1CCC(C(C)C)CC1. The van der Waals surface area contributed by atoms with Gasteiger partial charge in [-0.15, -0.1) is 0 Å². The van der Waals surface area contributed by atoms with Crippen molar-refractivity contribution in [3.05, 3.63) is 0 Å². The lowest BCUT2D eigenvalue weighted by atomic mass is 9.86. The van der Waals surface area contributed by atoms with Gasteiger partial charge < -0.3 is 10.6 Å². The van der Waals surface area contributed by atoms with E-state index in [9.17, 15) is 0 Å². The van der Waals surface area contributed by atoms with Crippen LogP contribution >= 0.6 is 0 Å². The lowest BCUT2D eigenvalue weighted by molar-refractivity contribution is 0.139. The Morgan fingerprint density at radius 1 is 1.06 bits per heavy atom. The van der Waals surface area contributed by atoms with Gasteiger partial charge in [-0.2, -0.15) is 0 Å². The average molecular weight is 254 g/mol. The topological polar surface area (TPSA) is 29.3 Å². The Hall–Kier alpha value is -0.0800. The third kappa shape index (κ3) is 6.19. The van der Waals surface area contributed by atoms with E-state index in [0.29, 0.717) is 6.04 Å². The number of likely N-dealkylation sites (tertiary alicyclic amines) is 1. The van der Waals surface area contributed by atoms with E-state index in [1.807, 2.05) is 0 Å². The van der Waals surface area contributed by atoms with Gasteiger partial charge in [-0.25, -0.2) is 0 Å². The summed E-state index contributed by atoms with van der Waals surface area (Å²) in [6.07, 6.45) is 6.63. The fourth-order valence-electron chi connectivity index (χ4n) is 3.12. The molecule has 2 unspecified atom stereocenters. The van der Waals surface area contributed by atoms with Crippen molar-refractivity contribution in [1.29, 1.82) is 0 Å². The first kappa shape index (κ1) is 16.0.